The monoisotopic (exact) mass is 191 g/mol. The zero-order chi connectivity index (χ0) is 9.10. The molecule has 0 aromatic carbocycles. The van der Waals surface area contributed by atoms with E-state index >= 15 is 0 Å². The Balaban J connectivity index is 2.41. The van der Waals surface area contributed by atoms with Gasteiger partial charge in [0.2, 0.25) is 0 Å². The van der Waals surface area contributed by atoms with Gasteiger partial charge in [-0.15, -0.1) is 11.8 Å². The molecule has 0 aliphatic heterocycles. The molecule has 2 aromatic heterocycles. The molecule has 0 radical (unpaired) electrons. The van der Waals surface area contributed by atoms with Crippen LogP contribution in [0.15, 0.2) is 41.8 Å². The summed E-state index contributed by atoms with van der Waals surface area (Å²) in [5, 5.41) is 5.15. The molecule has 0 aliphatic carbocycles. The molecule has 0 N–H and O–H groups in total. The highest BCUT2D eigenvalue weighted by atomic mass is 32.2. The minimum absolute atomic E-state index is 1.01. The maximum absolute atomic E-state index is 4.19. The van der Waals surface area contributed by atoms with Gasteiger partial charge in [0, 0.05) is 18.6 Å². The van der Waals surface area contributed by atoms with Crippen LogP contribution in [-0.2, 0) is 0 Å². The molecular formula is C9H9N3S. The van der Waals surface area contributed by atoms with E-state index in [9.17, 15) is 0 Å². The van der Waals surface area contributed by atoms with E-state index < -0.39 is 0 Å². The van der Waals surface area contributed by atoms with Crippen molar-refractivity contribution >= 4 is 11.8 Å². The van der Waals surface area contributed by atoms with Gasteiger partial charge >= 0.3 is 0 Å². The molecule has 0 saturated heterocycles. The zero-order valence-electron chi connectivity index (χ0n) is 7.21. The van der Waals surface area contributed by atoms with Crippen molar-refractivity contribution in [2.75, 3.05) is 6.26 Å². The molecule has 4 heteroatoms. The van der Waals surface area contributed by atoms with Crippen LogP contribution >= 0.6 is 11.8 Å². The third-order valence-corrected chi connectivity index (χ3v) is 2.34. The minimum atomic E-state index is 1.01. The average Bonchev–Trinajstić information content (AvgIpc) is 2.71. The summed E-state index contributed by atoms with van der Waals surface area (Å²) < 4.78 is 1.82. The number of pyridine rings is 1. The van der Waals surface area contributed by atoms with E-state index in [1.807, 2.05) is 35.3 Å². The van der Waals surface area contributed by atoms with Crippen LogP contribution in [0.4, 0.5) is 0 Å². The minimum Gasteiger partial charge on any atom is -0.250 e. The Morgan fingerprint density at radius 1 is 1.38 bits per heavy atom. The van der Waals surface area contributed by atoms with E-state index in [0.29, 0.717) is 0 Å². The number of hydrogen-bond donors (Lipinski definition) is 0. The van der Waals surface area contributed by atoms with Crippen LogP contribution in [0, 0.1) is 0 Å². The summed E-state index contributed by atoms with van der Waals surface area (Å²) in [7, 11) is 0. The topological polar surface area (TPSA) is 30.7 Å². The Labute approximate surface area is 80.8 Å². The molecule has 0 amide bonds. The van der Waals surface area contributed by atoms with Crippen molar-refractivity contribution < 1.29 is 0 Å². The predicted octanol–water partition coefficient (Wildman–Crippen LogP) is 1.99. The van der Waals surface area contributed by atoms with E-state index in [-0.39, 0.29) is 0 Å². The standard InChI is InChI=1S/C9H9N3S/c1-13-9-7-8(3-5-10-9)12-6-2-4-11-12/h2-7H,1H3. The smallest absolute Gasteiger partial charge is 0.0978 e. The molecular weight excluding hydrogens is 182 g/mol. The fraction of sp³-hybridized carbons (Fsp3) is 0.111. The Hall–Kier alpha value is -1.29. The van der Waals surface area contributed by atoms with E-state index in [2.05, 4.69) is 10.1 Å². The van der Waals surface area contributed by atoms with Crippen molar-refractivity contribution in [2.45, 2.75) is 5.03 Å². The normalized spacial score (nSPS) is 10.2. The second-order valence-electron chi connectivity index (χ2n) is 2.51. The molecule has 0 saturated carbocycles. The lowest BCUT2D eigenvalue weighted by atomic mass is 10.4. The van der Waals surface area contributed by atoms with Crippen LogP contribution in [0.2, 0.25) is 0 Å². The first-order chi connectivity index (χ1) is 6.40. The Kier molecular flexibility index (Phi) is 2.31. The summed E-state index contributed by atoms with van der Waals surface area (Å²) in [6.45, 7) is 0. The van der Waals surface area contributed by atoms with Crippen molar-refractivity contribution in [2.24, 2.45) is 0 Å². The van der Waals surface area contributed by atoms with Crippen LogP contribution in [-0.4, -0.2) is 21.0 Å². The van der Waals surface area contributed by atoms with Crippen LogP contribution in [0.5, 0.6) is 0 Å². The average molecular weight is 191 g/mol. The molecule has 0 unspecified atom stereocenters. The number of thioether (sulfide) groups is 1. The molecule has 0 fully saturated rings. The third kappa shape index (κ3) is 1.72. The van der Waals surface area contributed by atoms with Gasteiger partial charge in [0.05, 0.1) is 10.7 Å². The Morgan fingerprint density at radius 3 is 3.00 bits per heavy atom. The molecule has 13 heavy (non-hydrogen) atoms. The first kappa shape index (κ1) is 8.31. The van der Waals surface area contributed by atoms with Gasteiger partial charge in [0.1, 0.15) is 0 Å². The Morgan fingerprint density at radius 2 is 2.31 bits per heavy atom. The summed E-state index contributed by atoms with van der Waals surface area (Å²) >= 11 is 1.63. The van der Waals surface area contributed by atoms with Crippen molar-refractivity contribution in [3.05, 3.63) is 36.8 Å². The van der Waals surface area contributed by atoms with Gasteiger partial charge in [-0.05, 0) is 24.5 Å². The second kappa shape index (κ2) is 3.62. The Bertz CT molecular complexity index is 384. The second-order valence-corrected chi connectivity index (χ2v) is 3.33. The molecule has 66 valence electrons. The number of hydrogen-bond acceptors (Lipinski definition) is 3. The molecule has 0 aliphatic rings. The SMILES string of the molecule is CSc1cc(-n2cccn2)ccn1. The van der Waals surface area contributed by atoms with Gasteiger partial charge in [-0.3, -0.25) is 0 Å². The molecule has 3 nitrogen and oxygen atoms in total. The van der Waals surface area contributed by atoms with Crippen molar-refractivity contribution in [1.29, 1.82) is 0 Å². The largest absolute Gasteiger partial charge is 0.250 e. The maximum Gasteiger partial charge on any atom is 0.0978 e. The van der Waals surface area contributed by atoms with E-state index in [1.165, 1.54) is 0 Å². The molecule has 0 bridgehead atoms. The van der Waals surface area contributed by atoms with Crippen molar-refractivity contribution in [1.82, 2.24) is 14.8 Å². The van der Waals surface area contributed by atoms with Crippen molar-refractivity contribution in [3.8, 4) is 5.69 Å². The molecule has 2 aromatic rings. The summed E-state index contributed by atoms with van der Waals surface area (Å²) in [6.07, 6.45) is 7.48. The van der Waals surface area contributed by atoms with Gasteiger partial charge in [0.25, 0.3) is 0 Å². The lowest BCUT2D eigenvalue weighted by Gasteiger charge is -2.01. The summed E-state index contributed by atoms with van der Waals surface area (Å²) in [6, 6.07) is 5.85. The van der Waals surface area contributed by atoms with Gasteiger partial charge in [-0.2, -0.15) is 5.10 Å². The fourth-order valence-electron chi connectivity index (χ4n) is 1.07. The lowest BCUT2D eigenvalue weighted by Crippen LogP contribution is -1.94. The molecule has 0 spiro atoms. The summed E-state index contributed by atoms with van der Waals surface area (Å²) in [5.74, 6) is 0. The van der Waals surface area contributed by atoms with E-state index in [0.717, 1.165) is 10.7 Å². The predicted molar refractivity (Wildman–Crippen MR) is 53.1 cm³/mol. The summed E-state index contributed by atoms with van der Waals surface area (Å²) in [5.41, 5.74) is 1.05. The highest BCUT2D eigenvalue weighted by molar-refractivity contribution is 7.98. The number of rotatable bonds is 2. The third-order valence-electron chi connectivity index (χ3n) is 1.70. The highest BCUT2D eigenvalue weighted by Gasteiger charge is 1.97. The fourth-order valence-corrected chi connectivity index (χ4v) is 1.48. The van der Waals surface area contributed by atoms with Crippen molar-refractivity contribution in [3.63, 3.8) is 0 Å². The first-order valence-electron chi connectivity index (χ1n) is 3.90. The van der Waals surface area contributed by atoms with Crippen LogP contribution in [0.1, 0.15) is 0 Å². The molecule has 2 heterocycles. The van der Waals surface area contributed by atoms with E-state index in [1.54, 1.807) is 24.2 Å². The van der Waals surface area contributed by atoms with Gasteiger partial charge in [-0.25, -0.2) is 9.67 Å². The van der Waals surface area contributed by atoms with E-state index in [4.69, 9.17) is 0 Å². The lowest BCUT2D eigenvalue weighted by molar-refractivity contribution is 0.869. The van der Waals surface area contributed by atoms with Crippen LogP contribution in [0.25, 0.3) is 5.69 Å². The van der Waals surface area contributed by atoms with Gasteiger partial charge < -0.3 is 0 Å². The number of nitrogens with zero attached hydrogens (tertiary/aromatic N) is 3. The zero-order valence-corrected chi connectivity index (χ0v) is 8.03. The number of aromatic nitrogens is 3. The molecule has 2 rings (SSSR count). The van der Waals surface area contributed by atoms with Crippen LogP contribution < -0.4 is 0 Å². The first-order valence-corrected chi connectivity index (χ1v) is 5.12. The summed E-state index contributed by atoms with van der Waals surface area (Å²) in [4.78, 5) is 4.19. The van der Waals surface area contributed by atoms with Gasteiger partial charge in [0.15, 0.2) is 0 Å². The highest BCUT2D eigenvalue weighted by Crippen LogP contribution is 2.14. The molecule has 0 atom stereocenters. The maximum atomic E-state index is 4.19. The quantitative estimate of drug-likeness (QED) is 0.680. The van der Waals surface area contributed by atoms with Gasteiger partial charge in [-0.1, -0.05) is 0 Å². The van der Waals surface area contributed by atoms with Crippen LogP contribution in [0.3, 0.4) is 0 Å².